The molecule has 1 atom stereocenters. The SMILES string of the molecule is CCCNc1cc2c(nn1)CCC(C(F)(F)F)C2. The molecule has 100 valence electrons. The van der Waals surface area contributed by atoms with Crippen LogP contribution in [0.5, 0.6) is 0 Å². The van der Waals surface area contributed by atoms with Crippen LogP contribution in [0.4, 0.5) is 19.0 Å². The van der Waals surface area contributed by atoms with Gasteiger partial charge in [0.15, 0.2) is 0 Å². The number of nitrogens with zero attached hydrogens (tertiary/aromatic N) is 2. The first-order chi connectivity index (χ1) is 8.50. The Morgan fingerprint density at radius 2 is 2.17 bits per heavy atom. The molecule has 0 aromatic carbocycles. The maximum Gasteiger partial charge on any atom is 0.392 e. The summed E-state index contributed by atoms with van der Waals surface area (Å²) in [4.78, 5) is 0. The fourth-order valence-electron chi connectivity index (χ4n) is 2.14. The second-order valence-corrected chi connectivity index (χ2v) is 4.61. The van der Waals surface area contributed by atoms with Crippen LogP contribution in [-0.4, -0.2) is 22.9 Å². The van der Waals surface area contributed by atoms with Gasteiger partial charge in [0, 0.05) is 6.54 Å². The molecule has 0 amide bonds. The smallest absolute Gasteiger partial charge is 0.369 e. The molecule has 1 aliphatic rings. The maximum absolute atomic E-state index is 12.7. The first-order valence-corrected chi connectivity index (χ1v) is 6.16. The topological polar surface area (TPSA) is 37.8 Å². The van der Waals surface area contributed by atoms with Gasteiger partial charge in [-0.2, -0.15) is 18.3 Å². The number of aromatic nitrogens is 2. The van der Waals surface area contributed by atoms with Gasteiger partial charge in [-0.3, -0.25) is 0 Å². The molecular formula is C12H16F3N3. The van der Waals surface area contributed by atoms with E-state index in [1.165, 1.54) is 0 Å². The Labute approximate surface area is 104 Å². The molecule has 0 spiro atoms. The van der Waals surface area contributed by atoms with Crippen LogP contribution in [0.2, 0.25) is 0 Å². The van der Waals surface area contributed by atoms with Crippen LogP contribution in [0, 0.1) is 5.92 Å². The molecule has 1 aromatic rings. The summed E-state index contributed by atoms with van der Waals surface area (Å²) in [7, 11) is 0. The number of nitrogens with one attached hydrogen (secondary N) is 1. The summed E-state index contributed by atoms with van der Waals surface area (Å²) < 4.78 is 38.1. The Kier molecular flexibility index (Phi) is 3.73. The Balaban J connectivity index is 2.14. The van der Waals surface area contributed by atoms with Crippen molar-refractivity contribution in [2.24, 2.45) is 5.92 Å². The quantitative estimate of drug-likeness (QED) is 0.906. The van der Waals surface area contributed by atoms with E-state index in [1.54, 1.807) is 6.07 Å². The lowest BCUT2D eigenvalue weighted by Crippen LogP contribution is -2.29. The van der Waals surface area contributed by atoms with Crippen LogP contribution in [0.3, 0.4) is 0 Å². The van der Waals surface area contributed by atoms with Crippen molar-refractivity contribution in [2.45, 2.75) is 38.8 Å². The fraction of sp³-hybridized carbons (Fsp3) is 0.667. The minimum Gasteiger partial charge on any atom is -0.369 e. The molecule has 0 aliphatic heterocycles. The summed E-state index contributed by atoms with van der Waals surface area (Å²) >= 11 is 0. The summed E-state index contributed by atoms with van der Waals surface area (Å²) in [5.41, 5.74) is 1.38. The van der Waals surface area contributed by atoms with E-state index < -0.39 is 12.1 Å². The molecule has 0 radical (unpaired) electrons. The van der Waals surface area contributed by atoms with Crippen LogP contribution in [0.15, 0.2) is 6.07 Å². The number of fused-ring (bicyclic) bond motifs is 1. The predicted octanol–water partition coefficient (Wildman–Crippen LogP) is 2.97. The summed E-state index contributed by atoms with van der Waals surface area (Å²) in [6, 6.07) is 1.70. The summed E-state index contributed by atoms with van der Waals surface area (Å²) in [5, 5.41) is 11.0. The van der Waals surface area contributed by atoms with E-state index in [1.807, 2.05) is 6.92 Å². The lowest BCUT2D eigenvalue weighted by Gasteiger charge is -2.25. The van der Waals surface area contributed by atoms with Crippen molar-refractivity contribution in [3.8, 4) is 0 Å². The number of hydrogen-bond acceptors (Lipinski definition) is 3. The number of aryl methyl sites for hydroxylation is 1. The zero-order valence-corrected chi connectivity index (χ0v) is 10.2. The van der Waals surface area contributed by atoms with Gasteiger partial charge in [-0.25, -0.2) is 0 Å². The van der Waals surface area contributed by atoms with Gasteiger partial charge < -0.3 is 5.32 Å². The van der Waals surface area contributed by atoms with Crippen LogP contribution < -0.4 is 5.32 Å². The lowest BCUT2D eigenvalue weighted by molar-refractivity contribution is -0.177. The Morgan fingerprint density at radius 3 is 2.83 bits per heavy atom. The van der Waals surface area contributed by atoms with Crippen molar-refractivity contribution in [3.63, 3.8) is 0 Å². The van der Waals surface area contributed by atoms with E-state index >= 15 is 0 Å². The van der Waals surface area contributed by atoms with Crippen LogP contribution in [0.1, 0.15) is 31.0 Å². The van der Waals surface area contributed by atoms with Crippen molar-refractivity contribution in [1.82, 2.24) is 10.2 Å². The number of halogens is 3. The molecule has 1 N–H and O–H groups in total. The molecular weight excluding hydrogens is 243 g/mol. The second kappa shape index (κ2) is 5.12. The highest BCUT2D eigenvalue weighted by Crippen LogP contribution is 2.36. The Hall–Kier alpha value is -1.33. The Morgan fingerprint density at radius 1 is 1.39 bits per heavy atom. The highest BCUT2D eigenvalue weighted by atomic mass is 19.4. The molecule has 0 fully saturated rings. The van der Waals surface area contributed by atoms with Crippen LogP contribution in [-0.2, 0) is 12.8 Å². The first kappa shape index (κ1) is 13.1. The number of hydrogen-bond donors (Lipinski definition) is 1. The molecule has 18 heavy (non-hydrogen) atoms. The highest BCUT2D eigenvalue weighted by molar-refractivity contribution is 5.39. The standard InChI is InChI=1S/C12H16F3N3/c1-2-5-16-11-7-8-6-9(12(13,14)15)3-4-10(8)17-18-11/h7,9H,2-6H2,1H3,(H,16,18). The molecule has 1 aliphatic carbocycles. The first-order valence-electron chi connectivity index (χ1n) is 6.16. The predicted molar refractivity (Wildman–Crippen MR) is 62.4 cm³/mol. The fourth-order valence-corrected chi connectivity index (χ4v) is 2.14. The van der Waals surface area contributed by atoms with E-state index in [0.29, 0.717) is 23.5 Å². The van der Waals surface area contributed by atoms with Gasteiger partial charge >= 0.3 is 6.18 Å². The third-order valence-corrected chi connectivity index (χ3v) is 3.18. The third kappa shape index (κ3) is 2.91. The molecule has 6 heteroatoms. The van der Waals surface area contributed by atoms with Crippen molar-refractivity contribution in [3.05, 3.63) is 17.3 Å². The van der Waals surface area contributed by atoms with Gasteiger partial charge in [-0.05, 0) is 37.3 Å². The highest BCUT2D eigenvalue weighted by Gasteiger charge is 2.41. The molecule has 2 rings (SSSR count). The average molecular weight is 259 g/mol. The molecule has 1 heterocycles. The maximum atomic E-state index is 12.7. The molecule has 0 bridgehead atoms. The van der Waals surface area contributed by atoms with Crippen molar-refractivity contribution < 1.29 is 13.2 Å². The second-order valence-electron chi connectivity index (χ2n) is 4.61. The van der Waals surface area contributed by atoms with Gasteiger partial charge in [0.2, 0.25) is 0 Å². The number of anilines is 1. The normalized spacial score (nSPS) is 19.4. The van der Waals surface area contributed by atoms with Crippen molar-refractivity contribution in [1.29, 1.82) is 0 Å². The largest absolute Gasteiger partial charge is 0.392 e. The summed E-state index contributed by atoms with van der Waals surface area (Å²) in [6.45, 7) is 2.76. The zero-order valence-electron chi connectivity index (χ0n) is 10.2. The van der Waals surface area contributed by atoms with Crippen molar-refractivity contribution in [2.75, 3.05) is 11.9 Å². The third-order valence-electron chi connectivity index (χ3n) is 3.18. The molecule has 0 saturated carbocycles. The zero-order chi connectivity index (χ0) is 13.2. The van der Waals surface area contributed by atoms with Gasteiger partial charge in [-0.15, -0.1) is 5.10 Å². The van der Waals surface area contributed by atoms with E-state index in [4.69, 9.17) is 0 Å². The van der Waals surface area contributed by atoms with E-state index in [0.717, 1.165) is 13.0 Å². The van der Waals surface area contributed by atoms with Crippen LogP contribution >= 0.6 is 0 Å². The van der Waals surface area contributed by atoms with Crippen LogP contribution in [0.25, 0.3) is 0 Å². The minimum absolute atomic E-state index is 0.0230. The number of alkyl halides is 3. The van der Waals surface area contributed by atoms with Gasteiger partial charge in [0.25, 0.3) is 0 Å². The van der Waals surface area contributed by atoms with Gasteiger partial charge in [-0.1, -0.05) is 6.92 Å². The molecule has 0 saturated heterocycles. The minimum atomic E-state index is -4.11. The summed E-state index contributed by atoms with van der Waals surface area (Å²) in [6.07, 6.45) is -2.68. The summed E-state index contributed by atoms with van der Waals surface area (Å²) in [5.74, 6) is -0.674. The lowest BCUT2D eigenvalue weighted by atomic mass is 9.86. The van der Waals surface area contributed by atoms with Gasteiger partial charge in [0.1, 0.15) is 5.82 Å². The molecule has 1 unspecified atom stereocenters. The number of rotatable bonds is 3. The van der Waals surface area contributed by atoms with Gasteiger partial charge in [0.05, 0.1) is 11.6 Å². The molecule has 3 nitrogen and oxygen atoms in total. The van der Waals surface area contributed by atoms with E-state index in [9.17, 15) is 13.2 Å². The van der Waals surface area contributed by atoms with E-state index in [-0.39, 0.29) is 12.8 Å². The monoisotopic (exact) mass is 259 g/mol. The molecule has 1 aromatic heterocycles. The van der Waals surface area contributed by atoms with E-state index in [2.05, 4.69) is 15.5 Å². The Bertz CT molecular complexity index is 418. The average Bonchev–Trinajstić information content (AvgIpc) is 2.34. The van der Waals surface area contributed by atoms with Crippen molar-refractivity contribution >= 4 is 5.82 Å².